The maximum atomic E-state index is 12.9. The molecule has 5 heteroatoms. The van der Waals surface area contributed by atoms with Crippen molar-refractivity contribution in [2.75, 3.05) is 7.11 Å². The van der Waals surface area contributed by atoms with Gasteiger partial charge in [0.05, 0.1) is 7.11 Å². The van der Waals surface area contributed by atoms with Crippen LogP contribution in [0, 0.1) is 0 Å². The van der Waals surface area contributed by atoms with Crippen molar-refractivity contribution >= 4 is 45.2 Å². The standard InChI is InChI=1S/C9H8F2I2O/c1-14-7-4-2-6(3-5-7)8(12)9(10,11)13/h2-5,8H,1H3. The second-order valence-corrected chi connectivity index (χ2v) is 5.36. The van der Waals surface area contributed by atoms with Crippen LogP contribution in [0.4, 0.5) is 8.78 Å². The third kappa shape index (κ3) is 3.18. The zero-order chi connectivity index (χ0) is 10.8. The number of alkyl halides is 4. The molecule has 0 radical (unpaired) electrons. The van der Waals surface area contributed by atoms with E-state index in [0.29, 0.717) is 11.3 Å². The lowest BCUT2D eigenvalue weighted by Crippen LogP contribution is -2.12. The summed E-state index contributed by atoms with van der Waals surface area (Å²) >= 11 is 2.89. The first kappa shape index (κ1) is 12.4. The molecule has 1 aromatic rings. The quantitative estimate of drug-likeness (QED) is 0.523. The van der Waals surface area contributed by atoms with Crippen LogP contribution in [-0.2, 0) is 0 Å². The van der Waals surface area contributed by atoms with Crippen LogP contribution in [0.25, 0.3) is 0 Å². The van der Waals surface area contributed by atoms with Crippen molar-refractivity contribution < 1.29 is 13.5 Å². The molecule has 0 heterocycles. The SMILES string of the molecule is COc1ccc(C(I)C(F)(F)I)cc1. The summed E-state index contributed by atoms with van der Waals surface area (Å²) in [5.74, 6) is 0.675. The second-order valence-electron chi connectivity index (χ2n) is 2.68. The highest BCUT2D eigenvalue weighted by molar-refractivity contribution is 14.1. The van der Waals surface area contributed by atoms with Crippen molar-refractivity contribution in [1.82, 2.24) is 0 Å². The Balaban J connectivity index is 2.87. The van der Waals surface area contributed by atoms with E-state index in [2.05, 4.69) is 0 Å². The van der Waals surface area contributed by atoms with Gasteiger partial charge in [-0.25, -0.2) is 0 Å². The number of methoxy groups -OCH3 is 1. The molecule has 0 aliphatic carbocycles. The van der Waals surface area contributed by atoms with E-state index in [0.717, 1.165) is 22.6 Å². The number of benzene rings is 1. The molecule has 0 amide bonds. The van der Waals surface area contributed by atoms with Crippen LogP contribution in [0.3, 0.4) is 0 Å². The predicted molar refractivity (Wildman–Crippen MR) is 68.7 cm³/mol. The molecule has 0 bridgehead atoms. The van der Waals surface area contributed by atoms with Crippen LogP contribution < -0.4 is 4.74 Å². The average molecular weight is 424 g/mol. The Kier molecular flexibility index (Phi) is 4.35. The molecular weight excluding hydrogens is 416 g/mol. The van der Waals surface area contributed by atoms with Gasteiger partial charge < -0.3 is 4.74 Å². The highest BCUT2D eigenvalue weighted by Crippen LogP contribution is 2.43. The fraction of sp³-hybridized carbons (Fsp3) is 0.333. The van der Waals surface area contributed by atoms with Crippen molar-refractivity contribution in [3.63, 3.8) is 0 Å². The van der Waals surface area contributed by atoms with Gasteiger partial charge in [0.1, 0.15) is 9.67 Å². The van der Waals surface area contributed by atoms with E-state index >= 15 is 0 Å². The summed E-state index contributed by atoms with van der Waals surface area (Å²) in [6.45, 7) is 0. The molecule has 0 N–H and O–H groups in total. The molecule has 1 atom stereocenters. The third-order valence-electron chi connectivity index (χ3n) is 1.70. The zero-order valence-electron chi connectivity index (χ0n) is 7.31. The van der Waals surface area contributed by atoms with Gasteiger partial charge in [-0.05, 0) is 17.7 Å². The van der Waals surface area contributed by atoms with Gasteiger partial charge >= 0.3 is 3.93 Å². The van der Waals surface area contributed by atoms with E-state index in [1.54, 1.807) is 54.0 Å². The largest absolute Gasteiger partial charge is 0.497 e. The van der Waals surface area contributed by atoms with Gasteiger partial charge in [-0.15, -0.1) is 0 Å². The lowest BCUT2D eigenvalue weighted by atomic mass is 10.1. The molecule has 0 aromatic heterocycles. The van der Waals surface area contributed by atoms with E-state index in [9.17, 15) is 8.78 Å². The van der Waals surface area contributed by atoms with Crippen LogP contribution in [0.15, 0.2) is 24.3 Å². The molecule has 78 valence electrons. The zero-order valence-corrected chi connectivity index (χ0v) is 11.6. The van der Waals surface area contributed by atoms with Crippen LogP contribution in [0.2, 0.25) is 0 Å². The Hall–Kier alpha value is 0.340. The Morgan fingerprint density at radius 1 is 1.29 bits per heavy atom. The van der Waals surface area contributed by atoms with Gasteiger partial charge in [0.25, 0.3) is 0 Å². The van der Waals surface area contributed by atoms with E-state index in [1.807, 2.05) is 0 Å². The normalized spacial score (nSPS) is 13.8. The molecule has 1 rings (SSSR count). The van der Waals surface area contributed by atoms with Crippen LogP contribution in [0.1, 0.15) is 9.49 Å². The molecule has 0 saturated carbocycles. The maximum Gasteiger partial charge on any atom is 0.312 e. The molecule has 0 saturated heterocycles. The molecule has 0 fully saturated rings. The summed E-state index contributed by atoms with van der Waals surface area (Å²) in [7, 11) is 1.55. The molecule has 0 aliphatic rings. The number of hydrogen-bond acceptors (Lipinski definition) is 1. The maximum absolute atomic E-state index is 12.9. The van der Waals surface area contributed by atoms with Crippen molar-refractivity contribution in [3.05, 3.63) is 29.8 Å². The van der Waals surface area contributed by atoms with E-state index in [4.69, 9.17) is 4.74 Å². The van der Waals surface area contributed by atoms with Crippen molar-refractivity contribution in [1.29, 1.82) is 0 Å². The minimum absolute atomic E-state index is 0.603. The number of rotatable bonds is 3. The van der Waals surface area contributed by atoms with Crippen molar-refractivity contribution in [2.24, 2.45) is 0 Å². The number of ether oxygens (including phenoxy) is 1. The molecule has 1 unspecified atom stereocenters. The fourth-order valence-corrected chi connectivity index (χ4v) is 1.74. The topological polar surface area (TPSA) is 9.23 Å². The van der Waals surface area contributed by atoms with Gasteiger partial charge in [0.15, 0.2) is 0 Å². The molecule has 0 aliphatic heterocycles. The van der Waals surface area contributed by atoms with Gasteiger partial charge in [0.2, 0.25) is 0 Å². The Bertz CT molecular complexity index is 295. The van der Waals surface area contributed by atoms with Crippen LogP contribution in [-0.4, -0.2) is 11.0 Å². The molecular formula is C9H8F2I2O. The Labute approximate surface area is 108 Å². The summed E-state index contributed by atoms with van der Waals surface area (Å²) in [6.07, 6.45) is 0. The van der Waals surface area contributed by atoms with Crippen molar-refractivity contribution in [2.45, 2.75) is 7.85 Å². The lowest BCUT2D eigenvalue weighted by molar-refractivity contribution is 0.129. The monoisotopic (exact) mass is 424 g/mol. The summed E-state index contributed by atoms with van der Waals surface area (Å²) in [5, 5.41) is 0. The number of halogens is 4. The molecule has 0 spiro atoms. The molecule has 1 nitrogen and oxygen atoms in total. The van der Waals surface area contributed by atoms with Gasteiger partial charge in [-0.1, -0.05) is 34.7 Å². The Morgan fingerprint density at radius 3 is 2.14 bits per heavy atom. The summed E-state index contributed by atoms with van der Waals surface area (Å²) in [6, 6.07) is 6.68. The summed E-state index contributed by atoms with van der Waals surface area (Å²) in [5.41, 5.74) is 0.603. The lowest BCUT2D eigenvalue weighted by Gasteiger charge is -2.16. The molecule has 14 heavy (non-hydrogen) atoms. The van der Waals surface area contributed by atoms with Crippen LogP contribution >= 0.6 is 45.2 Å². The summed E-state index contributed by atoms with van der Waals surface area (Å²) < 4.78 is 27.3. The van der Waals surface area contributed by atoms with Gasteiger partial charge in [-0.3, -0.25) is 0 Å². The van der Waals surface area contributed by atoms with Crippen molar-refractivity contribution in [3.8, 4) is 5.75 Å². The number of hydrogen-bond donors (Lipinski definition) is 0. The van der Waals surface area contributed by atoms with Gasteiger partial charge in [0, 0.05) is 22.6 Å². The first-order chi connectivity index (χ1) is 6.45. The highest BCUT2D eigenvalue weighted by Gasteiger charge is 2.35. The smallest absolute Gasteiger partial charge is 0.312 e. The minimum Gasteiger partial charge on any atom is -0.497 e. The molecule has 1 aromatic carbocycles. The summed E-state index contributed by atoms with van der Waals surface area (Å²) in [4.78, 5) is 0. The minimum atomic E-state index is -2.73. The first-order valence-electron chi connectivity index (χ1n) is 3.80. The van der Waals surface area contributed by atoms with E-state index < -0.39 is 7.85 Å². The highest BCUT2D eigenvalue weighted by atomic mass is 127. The third-order valence-corrected chi connectivity index (χ3v) is 5.01. The fourth-order valence-electron chi connectivity index (χ4n) is 0.962. The average Bonchev–Trinajstić information content (AvgIpc) is 2.15. The van der Waals surface area contributed by atoms with E-state index in [-0.39, 0.29) is 0 Å². The van der Waals surface area contributed by atoms with E-state index in [1.165, 1.54) is 0 Å². The van der Waals surface area contributed by atoms with Gasteiger partial charge in [-0.2, -0.15) is 8.78 Å². The predicted octanol–water partition coefficient (Wildman–Crippen LogP) is 4.20. The first-order valence-corrected chi connectivity index (χ1v) is 6.12. The van der Waals surface area contributed by atoms with Crippen LogP contribution in [0.5, 0.6) is 5.75 Å². The Morgan fingerprint density at radius 2 is 1.79 bits per heavy atom. The second kappa shape index (κ2) is 4.91.